The van der Waals surface area contributed by atoms with E-state index in [0.29, 0.717) is 0 Å². The van der Waals surface area contributed by atoms with Crippen molar-refractivity contribution in [3.8, 4) is 68.2 Å². The number of ether oxygens (including phenoxy) is 8. The summed E-state index contributed by atoms with van der Waals surface area (Å²) in [5.41, 5.74) is 29.1. The highest BCUT2D eigenvalue weighted by Gasteiger charge is 2.31. The third-order valence-corrected chi connectivity index (χ3v) is 21.6. The van der Waals surface area contributed by atoms with Gasteiger partial charge < -0.3 is 62.4 Å². The largest absolute Gasteiger partial charge is 0.497 e. The number of hydrogen-bond donors (Lipinski definition) is 0. The van der Waals surface area contributed by atoms with E-state index in [0.717, 1.165) is 198 Å². The van der Waals surface area contributed by atoms with Gasteiger partial charge in [0.05, 0.1) is 56.9 Å². The molecule has 570 valence electrons. The lowest BCUT2D eigenvalue weighted by Crippen LogP contribution is -2.10. The molecule has 17 rings (SSSR count). The van der Waals surface area contributed by atoms with Crippen LogP contribution in [0.25, 0.3) is 45.6 Å². The molecule has 0 atom stereocenters. The molecule has 0 aliphatic heterocycles. The first kappa shape index (κ1) is 74.0. The lowest BCUT2D eigenvalue weighted by atomic mass is 9.99. The Morgan fingerprint density at radius 2 is 0.310 bits per heavy atom. The molecule has 0 unspecified atom stereocenters. The van der Waals surface area contributed by atoms with Gasteiger partial charge in [-0.15, -0.1) is 0 Å². The number of benzene rings is 15. The molecule has 0 N–H and O–H groups in total. The summed E-state index contributed by atoms with van der Waals surface area (Å²) in [5.74, 6) is 6.19. The van der Waals surface area contributed by atoms with E-state index in [4.69, 9.17) is 37.9 Å². The smallest absolute Gasteiger partial charge is 0.119 e. The van der Waals surface area contributed by atoms with Crippen LogP contribution < -0.4 is 62.4 Å². The first-order valence-electron chi connectivity index (χ1n) is 38.4. The van der Waals surface area contributed by atoms with Gasteiger partial charge in [-0.1, -0.05) is 66.2 Å². The quantitative estimate of drug-likeness (QED) is 0.0544. The molecule has 13 nitrogen and oxygen atoms in total. The Labute approximate surface area is 677 Å². The predicted octanol–water partition coefficient (Wildman–Crippen LogP) is 26.6. The second kappa shape index (κ2) is 32.5. The topological polar surface area (TPSA) is 90.0 Å². The van der Waals surface area contributed by atoms with Gasteiger partial charge in [0, 0.05) is 85.3 Å². The Hall–Kier alpha value is -14.8. The summed E-state index contributed by atoms with van der Waals surface area (Å²) in [6, 6.07) is 120. The number of nitrogens with zero attached hydrogens (tertiary/aromatic N) is 5. The summed E-state index contributed by atoms with van der Waals surface area (Å²) in [4.78, 5) is 11.5. The summed E-state index contributed by atoms with van der Waals surface area (Å²) in [6.45, 7) is 2.13. The molecule has 0 heterocycles. The number of rotatable bonds is 25. The van der Waals surface area contributed by atoms with Crippen molar-refractivity contribution in [2.75, 3.05) is 81.4 Å². The minimum absolute atomic E-state index is 0.774. The molecule has 15 aromatic carbocycles. The molecule has 15 aromatic rings. The van der Waals surface area contributed by atoms with Crippen LogP contribution in [0, 0.1) is 6.92 Å². The average Bonchev–Trinajstić information content (AvgIpc) is 1.58. The van der Waals surface area contributed by atoms with Crippen LogP contribution in [0.15, 0.2) is 340 Å². The van der Waals surface area contributed by atoms with Crippen molar-refractivity contribution in [2.45, 2.75) is 6.92 Å². The predicted molar refractivity (Wildman–Crippen MR) is 475 cm³/mol. The molecular weight excluding hydrogens is 1440 g/mol. The monoisotopic (exact) mass is 1520 g/mol. The normalized spacial score (nSPS) is 11.5. The molecule has 0 bridgehead atoms. The van der Waals surface area contributed by atoms with Crippen LogP contribution in [-0.4, -0.2) is 56.9 Å². The first-order valence-corrected chi connectivity index (χ1v) is 38.4. The number of methoxy groups -OCH3 is 8. The van der Waals surface area contributed by atoms with Crippen molar-refractivity contribution < 1.29 is 37.9 Å². The average molecular weight is 1520 g/mol. The van der Waals surface area contributed by atoms with Crippen molar-refractivity contribution in [1.82, 2.24) is 0 Å². The molecule has 0 fully saturated rings. The van der Waals surface area contributed by atoms with Crippen molar-refractivity contribution in [3.05, 3.63) is 379 Å². The molecule has 0 spiro atoms. The van der Waals surface area contributed by atoms with E-state index in [1.807, 2.05) is 97.1 Å². The van der Waals surface area contributed by atoms with Crippen molar-refractivity contribution in [2.24, 2.45) is 0 Å². The molecule has 2 aliphatic rings. The zero-order valence-corrected chi connectivity index (χ0v) is 66.0. The number of fused-ring (bicyclic) bond motifs is 6. The van der Waals surface area contributed by atoms with Gasteiger partial charge in [-0.2, -0.15) is 0 Å². The van der Waals surface area contributed by atoms with Gasteiger partial charge in [0.2, 0.25) is 0 Å². The lowest BCUT2D eigenvalue weighted by molar-refractivity contribution is 0.414. The van der Waals surface area contributed by atoms with Crippen LogP contribution >= 0.6 is 0 Å². The van der Waals surface area contributed by atoms with Crippen LogP contribution in [-0.2, 0) is 0 Å². The summed E-state index contributed by atoms with van der Waals surface area (Å²) in [6.07, 6.45) is 4.68. The van der Waals surface area contributed by atoms with E-state index in [1.54, 1.807) is 56.9 Å². The Morgan fingerprint density at radius 1 is 0.164 bits per heavy atom. The van der Waals surface area contributed by atoms with E-state index in [-0.39, 0.29) is 0 Å². The zero-order chi connectivity index (χ0) is 79.3. The standard InChI is InChI=1S/C103H85N5O8/c1-68-10-16-71(17-11-68)104(72-18-12-69(13-19-72)62-98-100-64-82(105(74-22-42-86(109-2)43-23-74)75-24-44-87(110-3)45-25-75)38-58-94(100)95-59-39-83(65-101(95)98)106(76-26-46-88(111-4)47-27-76)77-28-48-89(112-5)49-29-77)73-20-14-70(15-21-73)63-99-102-66-84(107(78-30-50-90(113-6)51-31-78)79-32-52-91(114-7)53-33-79)40-60-96(102)97-61-41-85(67-103(97)99)108(80-34-54-92(115-8)55-35-80)81-36-56-93(116-9)57-37-81/h10-67H,1-9H3. The summed E-state index contributed by atoms with van der Waals surface area (Å²) in [5, 5.41) is 0. The molecular formula is C103H85N5O8. The van der Waals surface area contributed by atoms with E-state index >= 15 is 0 Å². The molecule has 2 aliphatic carbocycles. The molecule has 13 heteroatoms. The second-order valence-electron chi connectivity index (χ2n) is 28.3. The van der Waals surface area contributed by atoms with Crippen molar-refractivity contribution in [1.29, 1.82) is 0 Å². The maximum Gasteiger partial charge on any atom is 0.119 e. The maximum atomic E-state index is 5.67. The molecule has 0 radical (unpaired) electrons. The minimum atomic E-state index is 0.774. The Balaban J connectivity index is 0.779. The minimum Gasteiger partial charge on any atom is -0.497 e. The molecule has 116 heavy (non-hydrogen) atoms. The highest BCUT2D eigenvalue weighted by atomic mass is 16.5. The SMILES string of the molecule is COc1ccc(N(c2ccc(OC)cc2)c2ccc3c(c2)C(=Cc2ccc(N(c4ccc(C)cc4)c4ccc(C=C5c6cc(N(c7ccc(OC)cc7)c7ccc(OC)cc7)ccc6-c6ccc(N(c7ccc(OC)cc7)c7ccc(OC)cc7)cc65)cc4)cc2)c2cc(N(c4ccc(OC)cc4)c4ccc(OC)cc4)ccc2-3)cc1. The Kier molecular flexibility index (Phi) is 20.7. The van der Waals surface area contributed by atoms with Crippen LogP contribution in [0.3, 0.4) is 0 Å². The van der Waals surface area contributed by atoms with Gasteiger partial charge in [-0.05, 0) is 365 Å². The van der Waals surface area contributed by atoms with Crippen LogP contribution in [0.1, 0.15) is 38.9 Å². The lowest BCUT2D eigenvalue weighted by Gasteiger charge is -2.27. The van der Waals surface area contributed by atoms with E-state index in [2.05, 4.69) is 286 Å². The molecule has 0 saturated heterocycles. The Bertz CT molecular complexity index is 5230. The van der Waals surface area contributed by atoms with Crippen molar-refractivity contribution >= 4 is 109 Å². The van der Waals surface area contributed by atoms with Gasteiger partial charge >= 0.3 is 0 Å². The fraction of sp³-hybridized carbons (Fsp3) is 0.0874. The van der Waals surface area contributed by atoms with E-state index < -0.39 is 0 Å². The van der Waals surface area contributed by atoms with Crippen LogP contribution in [0.4, 0.5) is 85.3 Å². The summed E-state index contributed by atoms with van der Waals surface area (Å²) in [7, 11) is 13.6. The maximum absolute atomic E-state index is 5.67. The van der Waals surface area contributed by atoms with E-state index in [1.165, 1.54) is 5.56 Å². The third-order valence-electron chi connectivity index (χ3n) is 21.6. The first-order chi connectivity index (χ1) is 57.0. The van der Waals surface area contributed by atoms with Crippen LogP contribution in [0.2, 0.25) is 0 Å². The molecule has 0 amide bonds. The highest BCUT2D eigenvalue weighted by Crippen LogP contribution is 2.54. The zero-order valence-electron chi connectivity index (χ0n) is 66.0. The van der Waals surface area contributed by atoms with Gasteiger partial charge in [0.15, 0.2) is 0 Å². The number of anilines is 15. The second-order valence-corrected chi connectivity index (χ2v) is 28.3. The van der Waals surface area contributed by atoms with E-state index in [9.17, 15) is 0 Å². The van der Waals surface area contributed by atoms with Crippen molar-refractivity contribution in [3.63, 3.8) is 0 Å². The fourth-order valence-electron chi connectivity index (χ4n) is 15.7. The number of aryl methyl sites for hydroxylation is 1. The fourth-order valence-corrected chi connectivity index (χ4v) is 15.7. The van der Waals surface area contributed by atoms with Gasteiger partial charge in [-0.3, -0.25) is 0 Å². The molecule has 0 saturated carbocycles. The number of hydrogen-bond acceptors (Lipinski definition) is 13. The summed E-state index contributed by atoms with van der Waals surface area (Å²) >= 11 is 0. The summed E-state index contributed by atoms with van der Waals surface area (Å²) < 4.78 is 45.4. The highest BCUT2D eigenvalue weighted by molar-refractivity contribution is 6.10. The van der Waals surface area contributed by atoms with Gasteiger partial charge in [-0.25, -0.2) is 0 Å². The third kappa shape index (κ3) is 14.7. The van der Waals surface area contributed by atoms with Gasteiger partial charge in [0.1, 0.15) is 46.0 Å². The Morgan fingerprint density at radius 3 is 0.483 bits per heavy atom. The van der Waals surface area contributed by atoms with Gasteiger partial charge in [0.25, 0.3) is 0 Å². The molecule has 0 aromatic heterocycles. The van der Waals surface area contributed by atoms with Crippen LogP contribution in [0.5, 0.6) is 46.0 Å².